The van der Waals surface area contributed by atoms with Crippen molar-refractivity contribution in [2.24, 2.45) is 12.0 Å². The van der Waals surface area contributed by atoms with Crippen molar-refractivity contribution < 1.29 is 4.79 Å². The first-order chi connectivity index (χ1) is 7.20. The lowest BCUT2D eigenvalue weighted by atomic mass is 10.3. The van der Waals surface area contributed by atoms with E-state index in [9.17, 15) is 9.59 Å². The Morgan fingerprint density at radius 2 is 2.13 bits per heavy atom. The molecule has 78 valence electrons. The van der Waals surface area contributed by atoms with Crippen LogP contribution in [0.25, 0.3) is 0 Å². The monoisotopic (exact) mass is 204 g/mol. The summed E-state index contributed by atoms with van der Waals surface area (Å²) in [6.07, 6.45) is 6.94. The summed E-state index contributed by atoms with van der Waals surface area (Å²) in [6.45, 7) is 0. The number of carbonyl (C=O) groups excluding carboxylic acids is 1. The topological polar surface area (TPSA) is 51.4 Å². The van der Waals surface area contributed by atoms with Crippen LogP contribution in [0, 0.1) is 0 Å². The van der Waals surface area contributed by atoms with Gasteiger partial charge in [-0.05, 0) is 6.07 Å². The van der Waals surface area contributed by atoms with Crippen LogP contribution < -0.4 is 5.56 Å². The van der Waals surface area contributed by atoms with Crippen LogP contribution in [0.15, 0.2) is 46.5 Å². The second-order valence-electron chi connectivity index (χ2n) is 2.98. The number of aryl methyl sites for hydroxylation is 1. The zero-order valence-electron chi connectivity index (χ0n) is 8.46. The van der Waals surface area contributed by atoms with Gasteiger partial charge in [-0.25, -0.2) is 0 Å². The molecule has 1 aromatic heterocycles. The molecule has 0 spiro atoms. The maximum atomic E-state index is 10.6. The van der Waals surface area contributed by atoms with Crippen LogP contribution in [0.1, 0.15) is 6.42 Å². The molecule has 0 N–H and O–H groups in total. The molecule has 0 aromatic carbocycles. The number of hydrogen-bond acceptors (Lipinski definition) is 3. The SMILES string of the molecule is Cn1ccccc1=O.O=C1C=NC=CC1. The Labute approximate surface area is 87.6 Å². The van der Waals surface area contributed by atoms with Crippen molar-refractivity contribution in [2.45, 2.75) is 6.42 Å². The molecule has 0 saturated heterocycles. The van der Waals surface area contributed by atoms with Crippen LogP contribution in [0.5, 0.6) is 0 Å². The Kier molecular flexibility index (Phi) is 4.22. The second-order valence-corrected chi connectivity index (χ2v) is 2.98. The molecular formula is C11H12N2O2. The molecule has 4 heteroatoms. The van der Waals surface area contributed by atoms with Crippen molar-refractivity contribution in [3.63, 3.8) is 0 Å². The van der Waals surface area contributed by atoms with Gasteiger partial charge in [0, 0.05) is 31.9 Å². The molecule has 0 radical (unpaired) electrons. The lowest BCUT2D eigenvalue weighted by molar-refractivity contribution is -0.111. The van der Waals surface area contributed by atoms with Crippen LogP contribution in [0.3, 0.4) is 0 Å². The molecule has 4 nitrogen and oxygen atoms in total. The first-order valence-corrected chi connectivity index (χ1v) is 4.53. The average molecular weight is 204 g/mol. The number of hydrogen-bond donors (Lipinski definition) is 0. The van der Waals surface area contributed by atoms with Crippen LogP contribution >= 0.6 is 0 Å². The average Bonchev–Trinajstić information content (AvgIpc) is 2.25. The molecule has 0 fully saturated rings. The molecule has 1 aliphatic heterocycles. The van der Waals surface area contributed by atoms with E-state index in [4.69, 9.17) is 0 Å². The number of aliphatic imine (C=N–C) groups is 1. The van der Waals surface area contributed by atoms with Gasteiger partial charge in [0.15, 0.2) is 5.78 Å². The third kappa shape index (κ3) is 4.17. The molecule has 0 atom stereocenters. The zero-order chi connectivity index (χ0) is 11.1. The molecule has 0 unspecified atom stereocenters. The van der Waals surface area contributed by atoms with Gasteiger partial charge >= 0.3 is 0 Å². The summed E-state index contributed by atoms with van der Waals surface area (Å²) in [5.74, 6) is 0.0856. The first kappa shape index (κ1) is 11.1. The molecule has 0 saturated carbocycles. The van der Waals surface area contributed by atoms with Crippen LogP contribution in [0.4, 0.5) is 0 Å². The van der Waals surface area contributed by atoms with E-state index >= 15 is 0 Å². The number of rotatable bonds is 0. The van der Waals surface area contributed by atoms with E-state index in [1.54, 1.807) is 31.6 Å². The van der Waals surface area contributed by atoms with Gasteiger partial charge in [-0.1, -0.05) is 12.1 Å². The molecule has 0 aliphatic carbocycles. The number of pyridine rings is 1. The number of ketones is 1. The van der Waals surface area contributed by atoms with Gasteiger partial charge < -0.3 is 4.57 Å². The normalized spacial score (nSPS) is 13.3. The first-order valence-electron chi connectivity index (χ1n) is 4.53. The molecule has 1 aromatic rings. The minimum atomic E-state index is 0.0347. The summed E-state index contributed by atoms with van der Waals surface area (Å²) in [5, 5.41) is 0. The van der Waals surface area contributed by atoms with Crippen molar-refractivity contribution in [3.05, 3.63) is 47.0 Å². The van der Waals surface area contributed by atoms with Gasteiger partial charge in [0.05, 0.1) is 6.21 Å². The molecule has 1 aliphatic rings. The number of nitrogens with zero attached hydrogens (tertiary/aromatic N) is 2. The predicted molar refractivity (Wildman–Crippen MR) is 58.9 cm³/mol. The highest BCUT2D eigenvalue weighted by atomic mass is 16.1. The van der Waals surface area contributed by atoms with E-state index in [-0.39, 0.29) is 11.3 Å². The maximum Gasteiger partial charge on any atom is 0.250 e. The van der Waals surface area contributed by atoms with Crippen molar-refractivity contribution >= 4 is 12.0 Å². The Morgan fingerprint density at radius 3 is 2.47 bits per heavy atom. The second kappa shape index (κ2) is 5.70. The van der Waals surface area contributed by atoms with Crippen molar-refractivity contribution in [1.82, 2.24) is 4.57 Å². The summed E-state index contributed by atoms with van der Waals surface area (Å²) < 4.78 is 1.53. The number of Topliss-reactive ketones (excluding diaryl/α,β-unsaturated/α-hetero) is 1. The van der Waals surface area contributed by atoms with Crippen molar-refractivity contribution in [2.75, 3.05) is 0 Å². The number of carbonyl (C=O) groups is 1. The van der Waals surface area contributed by atoms with Gasteiger partial charge in [0.1, 0.15) is 0 Å². The van der Waals surface area contributed by atoms with Crippen LogP contribution in [-0.2, 0) is 11.8 Å². The fourth-order valence-corrected chi connectivity index (χ4v) is 0.916. The molecule has 2 heterocycles. The lowest BCUT2D eigenvalue weighted by Crippen LogP contribution is -2.12. The highest BCUT2D eigenvalue weighted by molar-refractivity contribution is 6.28. The van der Waals surface area contributed by atoms with E-state index < -0.39 is 0 Å². The third-order valence-corrected chi connectivity index (χ3v) is 1.74. The highest BCUT2D eigenvalue weighted by Crippen LogP contribution is 1.89. The summed E-state index contributed by atoms with van der Waals surface area (Å²) in [5.41, 5.74) is 0.0347. The summed E-state index contributed by atoms with van der Waals surface area (Å²) >= 11 is 0. The third-order valence-electron chi connectivity index (χ3n) is 1.74. The minimum Gasteiger partial charge on any atom is -0.319 e. The van der Waals surface area contributed by atoms with Gasteiger partial charge in [-0.3, -0.25) is 14.6 Å². The van der Waals surface area contributed by atoms with E-state index in [2.05, 4.69) is 4.99 Å². The maximum absolute atomic E-state index is 10.6. The van der Waals surface area contributed by atoms with Crippen LogP contribution in [-0.4, -0.2) is 16.6 Å². The molecular weight excluding hydrogens is 192 g/mol. The predicted octanol–water partition coefficient (Wildman–Crippen LogP) is 0.929. The van der Waals surface area contributed by atoms with E-state index in [0.29, 0.717) is 6.42 Å². The summed E-state index contributed by atoms with van der Waals surface area (Å²) in [7, 11) is 1.72. The van der Waals surface area contributed by atoms with E-state index in [1.165, 1.54) is 16.8 Å². The van der Waals surface area contributed by atoms with Crippen LogP contribution in [0.2, 0.25) is 0 Å². The quantitative estimate of drug-likeness (QED) is 0.631. The summed E-state index contributed by atoms with van der Waals surface area (Å²) in [6, 6.07) is 5.07. The lowest BCUT2D eigenvalue weighted by Gasteiger charge is -1.89. The van der Waals surface area contributed by atoms with Crippen molar-refractivity contribution in [1.29, 1.82) is 0 Å². The largest absolute Gasteiger partial charge is 0.319 e. The van der Waals surface area contributed by atoms with Crippen molar-refractivity contribution in [3.8, 4) is 0 Å². The standard InChI is InChI=1S/C6H7NO.C5H5NO/c1-7-5-3-2-4-6(7)8;7-5-2-1-3-6-4-5/h2-5H,1H3;1,3-4H,2H2. The Morgan fingerprint density at radius 1 is 1.33 bits per heavy atom. The molecule has 0 amide bonds. The zero-order valence-corrected chi connectivity index (χ0v) is 8.46. The Balaban J connectivity index is 0.000000151. The van der Waals surface area contributed by atoms with Gasteiger partial charge in [-0.2, -0.15) is 0 Å². The van der Waals surface area contributed by atoms with Gasteiger partial charge in [0.2, 0.25) is 5.56 Å². The van der Waals surface area contributed by atoms with Gasteiger partial charge in [0.25, 0.3) is 0 Å². The Bertz CT molecular complexity index is 444. The van der Waals surface area contributed by atoms with E-state index in [0.717, 1.165) is 0 Å². The Hall–Kier alpha value is -1.97. The number of allylic oxidation sites excluding steroid dienone is 1. The number of aromatic nitrogens is 1. The smallest absolute Gasteiger partial charge is 0.250 e. The highest BCUT2D eigenvalue weighted by Gasteiger charge is 1.93. The molecule has 0 bridgehead atoms. The fourth-order valence-electron chi connectivity index (χ4n) is 0.916. The molecule has 2 rings (SSSR count). The molecule has 15 heavy (non-hydrogen) atoms. The minimum absolute atomic E-state index is 0.0347. The van der Waals surface area contributed by atoms with Gasteiger partial charge in [-0.15, -0.1) is 0 Å². The fraction of sp³-hybridized carbons (Fsp3) is 0.182. The summed E-state index contributed by atoms with van der Waals surface area (Å²) in [4.78, 5) is 24.4. The van der Waals surface area contributed by atoms with E-state index in [1.807, 2.05) is 6.07 Å².